The third-order valence-electron chi connectivity index (χ3n) is 2.02. The number of nitrogen functional groups attached to an aromatic ring is 1. The Labute approximate surface area is 116 Å². The fourth-order valence-corrected chi connectivity index (χ4v) is 1.35. The van der Waals surface area contributed by atoms with E-state index in [1.54, 1.807) is 18.2 Å². The number of methoxy groups -OCH3 is 2. The lowest BCUT2D eigenvalue weighted by Gasteiger charge is -2.12. The molecule has 1 aromatic rings. The van der Waals surface area contributed by atoms with Gasteiger partial charge in [-0.1, -0.05) is 0 Å². The Kier molecular flexibility index (Phi) is 5.83. The molecule has 0 spiro atoms. The molecule has 0 aliphatic rings. The fourth-order valence-electron chi connectivity index (χ4n) is 1.16. The summed E-state index contributed by atoms with van der Waals surface area (Å²) in [6.07, 6.45) is -0.664. The van der Waals surface area contributed by atoms with Gasteiger partial charge in [0.2, 0.25) is 0 Å². The number of nitrogens with one attached hydrogen (secondary N) is 2. The average Bonchev–Trinajstić information content (AvgIpc) is 2.39. The lowest BCUT2D eigenvalue weighted by atomic mass is 10.2. The van der Waals surface area contributed by atoms with Crippen LogP contribution in [0.1, 0.15) is 0 Å². The Balaban J connectivity index is 2.70. The minimum Gasteiger partial charge on any atom is -0.467 e. The first-order valence-electron chi connectivity index (χ1n) is 5.24. The van der Waals surface area contributed by atoms with Crippen molar-refractivity contribution < 1.29 is 19.0 Å². The zero-order valence-corrected chi connectivity index (χ0v) is 11.4. The SMILES string of the molecule is COCOc1ccc(N)c(NC(=S)NC(=O)OC)c1. The van der Waals surface area contributed by atoms with Crippen molar-refractivity contribution in [1.29, 1.82) is 0 Å². The lowest BCUT2D eigenvalue weighted by molar-refractivity contribution is 0.0512. The van der Waals surface area contributed by atoms with Crippen molar-refractivity contribution in [3.05, 3.63) is 18.2 Å². The van der Waals surface area contributed by atoms with Gasteiger partial charge in [-0.15, -0.1) is 0 Å². The van der Waals surface area contributed by atoms with E-state index in [1.807, 2.05) is 0 Å². The normalized spacial score (nSPS) is 9.58. The molecule has 4 N–H and O–H groups in total. The minimum absolute atomic E-state index is 0.0717. The van der Waals surface area contributed by atoms with Crippen molar-refractivity contribution in [2.24, 2.45) is 0 Å². The summed E-state index contributed by atoms with van der Waals surface area (Å²) in [4.78, 5) is 11.0. The standard InChI is InChI=1S/C11H15N3O4S/c1-16-6-18-7-3-4-8(12)9(5-7)13-10(19)14-11(15)17-2/h3-5H,6,12H2,1-2H3,(H2,13,14,15,19). The van der Waals surface area contributed by atoms with Crippen molar-refractivity contribution >= 4 is 34.8 Å². The number of hydrogen-bond donors (Lipinski definition) is 3. The fraction of sp³-hybridized carbons (Fsp3) is 0.273. The van der Waals surface area contributed by atoms with Gasteiger partial charge in [0.25, 0.3) is 0 Å². The zero-order valence-electron chi connectivity index (χ0n) is 10.6. The molecule has 0 heterocycles. The van der Waals surface area contributed by atoms with Crippen molar-refractivity contribution in [1.82, 2.24) is 5.32 Å². The molecule has 0 atom stereocenters. The van der Waals surface area contributed by atoms with Crippen LogP contribution in [0.4, 0.5) is 16.2 Å². The van der Waals surface area contributed by atoms with Gasteiger partial charge in [0.1, 0.15) is 5.75 Å². The van der Waals surface area contributed by atoms with E-state index in [0.29, 0.717) is 17.1 Å². The van der Waals surface area contributed by atoms with Gasteiger partial charge in [-0.3, -0.25) is 5.32 Å². The number of anilines is 2. The van der Waals surface area contributed by atoms with Crippen LogP contribution in [-0.2, 0) is 9.47 Å². The van der Waals surface area contributed by atoms with Crippen molar-refractivity contribution in [2.45, 2.75) is 0 Å². The number of carbonyl (C=O) groups is 1. The minimum atomic E-state index is -0.664. The number of rotatable bonds is 4. The van der Waals surface area contributed by atoms with Crippen LogP contribution in [0.25, 0.3) is 0 Å². The molecule has 0 bridgehead atoms. The molecule has 0 fully saturated rings. The summed E-state index contributed by atoms with van der Waals surface area (Å²) in [6, 6.07) is 4.98. The summed E-state index contributed by atoms with van der Waals surface area (Å²) < 4.78 is 14.5. The average molecular weight is 285 g/mol. The van der Waals surface area contributed by atoms with Crippen LogP contribution in [0, 0.1) is 0 Å². The van der Waals surface area contributed by atoms with Crippen molar-refractivity contribution in [3.63, 3.8) is 0 Å². The van der Waals surface area contributed by atoms with Crippen LogP contribution in [0.5, 0.6) is 5.75 Å². The van der Waals surface area contributed by atoms with E-state index in [4.69, 9.17) is 27.4 Å². The number of nitrogens with two attached hydrogens (primary N) is 1. The molecule has 1 rings (SSSR count). The second-order valence-electron chi connectivity index (χ2n) is 3.37. The molecule has 19 heavy (non-hydrogen) atoms. The van der Waals surface area contributed by atoms with E-state index < -0.39 is 6.09 Å². The highest BCUT2D eigenvalue weighted by molar-refractivity contribution is 7.80. The maximum absolute atomic E-state index is 11.0. The van der Waals surface area contributed by atoms with E-state index in [1.165, 1.54) is 14.2 Å². The van der Waals surface area contributed by atoms with E-state index in [9.17, 15) is 4.79 Å². The summed E-state index contributed by atoms with van der Waals surface area (Å²) in [5.74, 6) is 0.555. The van der Waals surface area contributed by atoms with Gasteiger partial charge in [0.15, 0.2) is 11.9 Å². The van der Waals surface area contributed by atoms with Gasteiger partial charge in [0, 0.05) is 13.2 Å². The van der Waals surface area contributed by atoms with Crippen LogP contribution >= 0.6 is 12.2 Å². The Hall–Kier alpha value is -2.06. The van der Waals surface area contributed by atoms with Crippen LogP contribution in [0.2, 0.25) is 0 Å². The topological polar surface area (TPSA) is 94.8 Å². The highest BCUT2D eigenvalue weighted by Crippen LogP contribution is 2.24. The Bertz CT molecular complexity index is 467. The van der Waals surface area contributed by atoms with Crippen molar-refractivity contribution in [3.8, 4) is 5.75 Å². The summed E-state index contributed by atoms with van der Waals surface area (Å²) in [7, 11) is 2.76. The van der Waals surface area contributed by atoms with E-state index in [0.717, 1.165) is 0 Å². The van der Waals surface area contributed by atoms with Crippen LogP contribution in [0.15, 0.2) is 18.2 Å². The summed E-state index contributed by atoms with van der Waals surface area (Å²) in [6.45, 7) is 0.119. The Morgan fingerprint density at radius 2 is 2.16 bits per heavy atom. The highest BCUT2D eigenvalue weighted by Gasteiger charge is 2.07. The maximum Gasteiger partial charge on any atom is 0.413 e. The molecule has 104 valence electrons. The van der Waals surface area contributed by atoms with Gasteiger partial charge in [0.05, 0.1) is 18.5 Å². The Morgan fingerprint density at radius 1 is 1.42 bits per heavy atom. The summed E-state index contributed by atoms with van der Waals surface area (Å²) >= 11 is 4.92. The predicted molar refractivity (Wildman–Crippen MR) is 75.1 cm³/mol. The molecular weight excluding hydrogens is 270 g/mol. The number of amides is 1. The van der Waals surface area contributed by atoms with Gasteiger partial charge in [-0.25, -0.2) is 4.79 Å². The Morgan fingerprint density at radius 3 is 2.79 bits per heavy atom. The quantitative estimate of drug-likeness (QED) is 0.436. The molecule has 1 aromatic carbocycles. The van der Waals surface area contributed by atoms with E-state index in [-0.39, 0.29) is 11.9 Å². The number of benzene rings is 1. The molecule has 7 nitrogen and oxygen atoms in total. The third kappa shape index (κ3) is 4.98. The monoisotopic (exact) mass is 285 g/mol. The van der Waals surface area contributed by atoms with Crippen LogP contribution < -0.4 is 21.1 Å². The van der Waals surface area contributed by atoms with Gasteiger partial charge in [-0.05, 0) is 24.4 Å². The number of carbonyl (C=O) groups excluding carboxylic acids is 1. The zero-order chi connectivity index (χ0) is 14.3. The van der Waals surface area contributed by atoms with E-state index in [2.05, 4.69) is 15.4 Å². The molecule has 0 radical (unpaired) electrons. The maximum atomic E-state index is 11.0. The summed E-state index contributed by atoms with van der Waals surface area (Å²) in [5.41, 5.74) is 6.74. The first-order chi connectivity index (χ1) is 9.06. The molecular formula is C11H15N3O4S. The molecule has 1 amide bonds. The largest absolute Gasteiger partial charge is 0.467 e. The van der Waals surface area contributed by atoms with Gasteiger partial charge < -0.3 is 25.3 Å². The molecule has 8 heteroatoms. The second-order valence-corrected chi connectivity index (χ2v) is 3.78. The molecule has 0 saturated carbocycles. The number of hydrogen-bond acceptors (Lipinski definition) is 6. The molecule has 0 aliphatic carbocycles. The first kappa shape index (κ1) is 15.0. The molecule has 0 saturated heterocycles. The molecule has 0 aliphatic heterocycles. The number of thiocarbonyl (C=S) groups is 1. The van der Waals surface area contributed by atoms with Crippen LogP contribution in [-0.4, -0.2) is 32.2 Å². The molecule has 0 aromatic heterocycles. The number of alkyl carbamates (subject to hydrolysis) is 1. The third-order valence-corrected chi connectivity index (χ3v) is 2.22. The first-order valence-corrected chi connectivity index (χ1v) is 5.65. The molecule has 0 unspecified atom stereocenters. The second kappa shape index (κ2) is 7.39. The number of ether oxygens (including phenoxy) is 3. The van der Waals surface area contributed by atoms with E-state index >= 15 is 0 Å². The predicted octanol–water partition coefficient (Wildman–Crippen LogP) is 1.30. The lowest BCUT2D eigenvalue weighted by Crippen LogP contribution is -2.34. The smallest absolute Gasteiger partial charge is 0.413 e. The summed E-state index contributed by atoms with van der Waals surface area (Å²) in [5, 5.41) is 5.14. The van der Waals surface area contributed by atoms with Crippen molar-refractivity contribution in [2.75, 3.05) is 32.1 Å². The van der Waals surface area contributed by atoms with Gasteiger partial charge in [-0.2, -0.15) is 0 Å². The highest BCUT2D eigenvalue weighted by atomic mass is 32.1. The van der Waals surface area contributed by atoms with Crippen LogP contribution in [0.3, 0.4) is 0 Å². The van der Waals surface area contributed by atoms with Gasteiger partial charge >= 0.3 is 6.09 Å².